The van der Waals surface area contributed by atoms with Gasteiger partial charge >= 0.3 is 6.03 Å². The van der Waals surface area contributed by atoms with Crippen molar-refractivity contribution in [3.8, 4) is 11.5 Å². The van der Waals surface area contributed by atoms with Gasteiger partial charge in [0.2, 0.25) is 0 Å². The highest BCUT2D eigenvalue weighted by atomic mass is 19.1. The number of hydrogen-bond donors (Lipinski definition) is 2. The Kier molecular flexibility index (Phi) is 7.59. The zero-order valence-corrected chi connectivity index (χ0v) is 19.3. The van der Waals surface area contributed by atoms with Gasteiger partial charge in [0, 0.05) is 32.4 Å². The van der Waals surface area contributed by atoms with Crippen molar-refractivity contribution in [2.45, 2.75) is 39.1 Å². The number of nitrogens with zero attached hydrogens (tertiary/aromatic N) is 2. The smallest absolute Gasteiger partial charge is 0.315 e. The molecule has 2 aromatic carbocycles. The zero-order chi connectivity index (χ0) is 23.9. The lowest BCUT2D eigenvalue weighted by atomic mass is 10.2. The monoisotopic (exact) mass is 464 g/mol. The van der Waals surface area contributed by atoms with Crippen molar-refractivity contribution in [2.24, 2.45) is 0 Å². The van der Waals surface area contributed by atoms with Crippen molar-refractivity contribution in [1.29, 1.82) is 0 Å². The predicted octanol–water partition coefficient (Wildman–Crippen LogP) is 4.63. The highest BCUT2D eigenvalue weighted by Gasteiger charge is 2.22. The molecule has 0 bridgehead atoms. The summed E-state index contributed by atoms with van der Waals surface area (Å²) in [4.78, 5) is 19.0. The fourth-order valence-electron chi connectivity index (χ4n) is 3.81. The van der Waals surface area contributed by atoms with Crippen molar-refractivity contribution in [3.63, 3.8) is 0 Å². The number of benzene rings is 2. The molecule has 1 aromatic heterocycles. The molecule has 1 aliphatic rings. The molecular weight excluding hydrogens is 435 g/mol. The molecule has 1 fully saturated rings. The van der Waals surface area contributed by atoms with Gasteiger partial charge in [0.25, 0.3) is 0 Å². The molecule has 8 heteroatoms. The van der Waals surface area contributed by atoms with Gasteiger partial charge in [0.05, 0.1) is 12.2 Å². The quantitative estimate of drug-likeness (QED) is 0.533. The predicted molar refractivity (Wildman–Crippen MR) is 128 cm³/mol. The minimum absolute atomic E-state index is 0.175. The molecule has 34 heavy (non-hydrogen) atoms. The number of carbonyl (C=O) groups is 1. The SMILES string of the molecule is CC1CN(c2ccc(CNC(=O)NCc3ccc(Oc4ccc(F)cc4)cc3)cn2)CC(C)O1. The van der Waals surface area contributed by atoms with Gasteiger partial charge < -0.3 is 25.0 Å². The highest BCUT2D eigenvalue weighted by Crippen LogP contribution is 2.22. The maximum absolute atomic E-state index is 13.0. The van der Waals surface area contributed by atoms with Crippen LogP contribution in [-0.4, -0.2) is 36.3 Å². The maximum atomic E-state index is 13.0. The van der Waals surface area contributed by atoms with Crippen molar-refractivity contribution in [1.82, 2.24) is 15.6 Å². The van der Waals surface area contributed by atoms with Gasteiger partial charge in [-0.15, -0.1) is 0 Å². The number of rotatable bonds is 7. The van der Waals surface area contributed by atoms with E-state index in [1.807, 2.05) is 36.4 Å². The first kappa shape index (κ1) is 23.5. The minimum atomic E-state index is -0.308. The van der Waals surface area contributed by atoms with Crippen LogP contribution in [0, 0.1) is 5.82 Å². The van der Waals surface area contributed by atoms with E-state index in [1.54, 1.807) is 18.3 Å². The second kappa shape index (κ2) is 11.0. The average Bonchev–Trinajstić information content (AvgIpc) is 2.83. The number of carbonyl (C=O) groups excluding carboxylic acids is 1. The first-order chi connectivity index (χ1) is 16.4. The summed E-state index contributed by atoms with van der Waals surface area (Å²) < 4.78 is 24.4. The van der Waals surface area contributed by atoms with Gasteiger partial charge in [0.15, 0.2) is 0 Å². The van der Waals surface area contributed by atoms with Crippen LogP contribution in [-0.2, 0) is 17.8 Å². The summed E-state index contributed by atoms with van der Waals surface area (Å²) in [5.41, 5.74) is 1.86. The van der Waals surface area contributed by atoms with Gasteiger partial charge in [-0.2, -0.15) is 0 Å². The summed E-state index contributed by atoms with van der Waals surface area (Å²) in [6, 6.07) is 16.9. The van der Waals surface area contributed by atoms with Crippen molar-refractivity contribution in [2.75, 3.05) is 18.0 Å². The molecule has 0 saturated carbocycles. The van der Waals surface area contributed by atoms with Crippen molar-refractivity contribution in [3.05, 3.63) is 83.8 Å². The third kappa shape index (κ3) is 6.68. The number of hydrogen-bond acceptors (Lipinski definition) is 5. The van der Waals surface area contributed by atoms with Gasteiger partial charge in [-0.05, 0) is 67.4 Å². The number of halogens is 1. The first-order valence-corrected chi connectivity index (χ1v) is 11.3. The molecule has 0 spiro atoms. The lowest BCUT2D eigenvalue weighted by molar-refractivity contribution is -0.00546. The van der Waals surface area contributed by atoms with Crippen LogP contribution in [0.25, 0.3) is 0 Å². The van der Waals surface area contributed by atoms with Crippen molar-refractivity contribution >= 4 is 11.8 Å². The topological polar surface area (TPSA) is 75.7 Å². The van der Waals surface area contributed by atoms with E-state index in [4.69, 9.17) is 9.47 Å². The van der Waals surface area contributed by atoms with Crippen LogP contribution in [0.15, 0.2) is 66.9 Å². The Morgan fingerprint density at radius 3 is 2.09 bits per heavy atom. The van der Waals surface area contributed by atoms with Gasteiger partial charge in [-0.1, -0.05) is 18.2 Å². The van der Waals surface area contributed by atoms with Crippen LogP contribution in [0.3, 0.4) is 0 Å². The second-order valence-electron chi connectivity index (χ2n) is 8.42. The number of aromatic nitrogens is 1. The molecule has 7 nitrogen and oxygen atoms in total. The van der Waals surface area contributed by atoms with Crippen LogP contribution in [0.4, 0.5) is 15.0 Å². The largest absolute Gasteiger partial charge is 0.457 e. The van der Waals surface area contributed by atoms with Gasteiger partial charge in [-0.25, -0.2) is 14.2 Å². The molecule has 3 aromatic rings. The van der Waals surface area contributed by atoms with E-state index in [1.165, 1.54) is 12.1 Å². The third-order valence-electron chi connectivity index (χ3n) is 5.43. The summed E-state index contributed by atoms with van der Waals surface area (Å²) >= 11 is 0. The lowest BCUT2D eigenvalue weighted by Crippen LogP contribution is -2.45. The molecular formula is C26H29FN4O3. The standard InChI is InChI=1S/C26H29FN4O3/c1-18-16-31(17-19(2)33-18)25-12-5-21(14-28-25)15-30-26(32)29-13-20-3-8-23(9-4-20)34-24-10-6-22(27)7-11-24/h3-12,14,18-19H,13,15-17H2,1-2H3,(H2,29,30,32). The third-order valence-corrected chi connectivity index (χ3v) is 5.43. The molecule has 0 radical (unpaired) electrons. The Balaban J connectivity index is 1.20. The molecule has 2 heterocycles. The van der Waals surface area contributed by atoms with Crippen LogP contribution in [0.5, 0.6) is 11.5 Å². The number of pyridine rings is 1. The summed E-state index contributed by atoms with van der Waals surface area (Å²) in [7, 11) is 0. The highest BCUT2D eigenvalue weighted by molar-refractivity contribution is 5.73. The lowest BCUT2D eigenvalue weighted by Gasteiger charge is -2.36. The molecule has 1 saturated heterocycles. The van der Waals surface area contributed by atoms with Gasteiger partial charge in [-0.3, -0.25) is 0 Å². The number of ether oxygens (including phenoxy) is 2. The fraction of sp³-hybridized carbons (Fsp3) is 0.308. The second-order valence-corrected chi connectivity index (χ2v) is 8.42. The minimum Gasteiger partial charge on any atom is -0.457 e. The van der Waals surface area contributed by atoms with Gasteiger partial charge in [0.1, 0.15) is 23.1 Å². The zero-order valence-electron chi connectivity index (χ0n) is 19.3. The molecule has 1 aliphatic heterocycles. The van der Waals surface area contributed by atoms with Crippen LogP contribution in [0.1, 0.15) is 25.0 Å². The average molecular weight is 465 g/mol. The number of nitrogens with one attached hydrogen (secondary N) is 2. The normalized spacial score (nSPS) is 17.8. The molecule has 178 valence electrons. The van der Waals surface area contributed by atoms with Crippen LogP contribution in [0.2, 0.25) is 0 Å². The Labute approximate surface area is 198 Å². The van der Waals surface area contributed by atoms with E-state index in [9.17, 15) is 9.18 Å². The van der Waals surface area contributed by atoms with E-state index in [0.29, 0.717) is 24.6 Å². The van der Waals surface area contributed by atoms with E-state index in [0.717, 1.165) is 30.0 Å². The summed E-state index contributed by atoms with van der Waals surface area (Å²) in [5.74, 6) is 1.81. The first-order valence-electron chi connectivity index (χ1n) is 11.3. The molecule has 2 unspecified atom stereocenters. The Morgan fingerprint density at radius 1 is 0.941 bits per heavy atom. The Hall–Kier alpha value is -3.65. The molecule has 2 atom stereocenters. The number of anilines is 1. The molecule has 0 aliphatic carbocycles. The van der Waals surface area contributed by atoms with E-state index >= 15 is 0 Å². The summed E-state index contributed by atoms with van der Waals surface area (Å²) in [5, 5.41) is 5.69. The maximum Gasteiger partial charge on any atom is 0.315 e. The van der Waals surface area contributed by atoms with E-state index in [2.05, 4.69) is 34.4 Å². The summed E-state index contributed by atoms with van der Waals surface area (Å²) in [6.45, 7) is 6.53. The summed E-state index contributed by atoms with van der Waals surface area (Å²) in [6.07, 6.45) is 2.14. The number of urea groups is 1. The fourth-order valence-corrected chi connectivity index (χ4v) is 3.81. The Morgan fingerprint density at radius 2 is 1.50 bits per heavy atom. The molecule has 4 rings (SSSR count). The Bertz CT molecular complexity index is 1060. The van der Waals surface area contributed by atoms with E-state index < -0.39 is 0 Å². The van der Waals surface area contributed by atoms with E-state index in [-0.39, 0.29) is 24.1 Å². The number of amides is 2. The van der Waals surface area contributed by atoms with Crippen LogP contribution >= 0.6 is 0 Å². The molecule has 2 amide bonds. The van der Waals surface area contributed by atoms with Crippen molar-refractivity contribution < 1.29 is 18.7 Å². The molecule has 2 N–H and O–H groups in total. The van der Waals surface area contributed by atoms with Crippen LogP contribution < -0.4 is 20.3 Å². The number of morpholine rings is 1.